The monoisotopic (exact) mass is 318 g/mol. The van der Waals surface area contributed by atoms with Crippen LogP contribution < -0.4 is 5.46 Å². The van der Waals surface area contributed by atoms with Crippen molar-refractivity contribution in [3.8, 4) is 17.2 Å². The first kappa shape index (κ1) is 18.4. The minimum Gasteiger partial charge on any atom is -0.512 e. The molecule has 0 aliphatic carbocycles. The summed E-state index contributed by atoms with van der Waals surface area (Å²) in [7, 11) is 2.87. The standard InChI is InChI=1S/C15H20B2O6/c1-5(2)11(19)15(23)10(17)8(18)4-7-9(16)14(22)13(21)6(3)12(7)20/h18-23H,1,4,16-17H2,2-3H3/b10-8-,15-11-. The molecule has 6 nitrogen and oxygen atoms in total. The van der Waals surface area contributed by atoms with Gasteiger partial charge in [-0.25, -0.2) is 0 Å². The van der Waals surface area contributed by atoms with Gasteiger partial charge >= 0.3 is 0 Å². The Labute approximate surface area is 136 Å². The number of hydrogen-bond acceptors (Lipinski definition) is 6. The highest BCUT2D eigenvalue weighted by Crippen LogP contribution is 2.36. The number of allylic oxidation sites excluding steroid dienone is 3. The Morgan fingerprint density at radius 3 is 2.00 bits per heavy atom. The normalized spacial score (nSPS) is 13.3. The van der Waals surface area contributed by atoms with E-state index < -0.39 is 17.3 Å². The van der Waals surface area contributed by atoms with E-state index in [1.165, 1.54) is 29.5 Å². The largest absolute Gasteiger partial charge is 0.512 e. The van der Waals surface area contributed by atoms with E-state index in [2.05, 4.69) is 6.58 Å². The number of benzene rings is 1. The first-order valence-corrected chi connectivity index (χ1v) is 6.90. The minimum atomic E-state index is -0.521. The van der Waals surface area contributed by atoms with Gasteiger partial charge in [0.2, 0.25) is 0 Å². The highest BCUT2D eigenvalue weighted by atomic mass is 16.3. The van der Waals surface area contributed by atoms with E-state index in [0.717, 1.165) is 0 Å². The summed E-state index contributed by atoms with van der Waals surface area (Å²) in [6, 6.07) is 0. The van der Waals surface area contributed by atoms with Crippen molar-refractivity contribution in [3.63, 3.8) is 0 Å². The molecule has 0 saturated heterocycles. The van der Waals surface area contributed by atoms with Crippen LogP contribution in [-0.4, -0.2) is 46.3 Å². The molecule has 23 heavy (non-hydrogen) atoms. The average molecular weight is 318 g/mol. The molecule has 0 aliphatic rings. The topological polar surface area (TPSA) is 121 Å². The second-order valence-electron chi connectivity index (χ2n) is 5.50. The second-order valence-corrected chi connectivity index (χ2v) is 5.50. The molecule has 0 aromatic heterocycles. The quantitative estimate of drug-likeness (QED) is 0.155. The predicted molar refractivity (Wildman–Crippen MR) is 93.4 cm³/mol. The summed E-state index contributed by atoms with van der Waals surface area (Å²) in [6.07, 6.45) is -0.203. The lowest BCUT2D eigenvalue weighted by Gasteiger charge is -2.16. The highest BCUT2D eigenvalue weighted by molar-refractivity contribution is 6.36. The second kappa shape index (κ2) is 6.64. The minimum absolute atomic E-state index is 0.00881. The molecule has 1 aromatic rings. The molecule has 0 amide bonds. The summed E-state index contributed by atoms with van der Waals surface area (Å²) < 4.78 is 0. The van der Waals surface area contributed by atoms with Crippen LogP contribution in [0.2, 0.25) is 0 Å². The molecule has 0 aliphatic heterocycles. The van der Waals surface area contributed by atoms with Gasteiger partial charge in [-0.3, -0.25) is 0 Å². The molecular weight excluding hydrogens is 298 g/mol. The van der Waals surface area contributed by atoms with Gasteiger partial charge in [-0.05, 0) is 35.9 Å². The summed E-state index contributed by atoms with van der Waals surface area (Å²) in [5.41, 5.74) is 0.731. The third kappa shape index (κ3) is 3.41. The van der Waals surface area contributed by atoms with Gasteiger partial charge in [-0.1, -0.05) is 6.58 Å². The molecule has 0 radical (unpaired) electrons. The maximum absolute atomic E-state index is 10.2. The fourth-order valence-electron chi connectivity index (χ4n) is 2.05. The van der Waals surface area contributed by atoms with Crippen molar-refractivity contribution in [2.24, 2.45) is 0 Å². The van der Waals surface area contributed by atoms with Gasteiger partial charge in [-0.15, -0.1) is 0 Å². The summed E-state index contributed by atoms with van der Waals surface area (Å²) in [4.78, 5) is 0. The van der Waals surface area contributed by atoms with Gasteiger partial charge in [0, 0.05) is 12.0 Å². The Balaban J connectivity index is 3.41. The maximum Gasteiger partial charge on any atom is 0.163 e. The van der Waals surface area contributed by atoms with E-state index in [9.17, 15) is 30.6 Å². The Morgan fingerprint density at radius 1 is 1.00 bits per heavy atom. The predicted octanol–water partition coefficient (Wildman–Crippen LogP) is 0.219. The van der Waals surface area contributed by atoms with Crippen molar-refractivity contribution in [1.82, 2.24) is 0 Å². The van der Waals surface area contributed by atoms with Crippen LogP contribution in [0, 0.1) is 6.92 Å². The van der Waals surface area contributed by atoms with Crippen LogP contribution in [0.1, 0.15) is 18.1 Å². The zero-order valence-corrected chi connectivity index (χ0v) is 13.6. The van der Waals surface area contributed by atoms with Gasteiger partial charge in [0.1, 0.15) is 21.4 Å². The van der Waals surface area contributed by atoms with E-state index in [-0.39, 0.29) is 51.3 Å². The van der Waals surface area contributed by atoms with Crippen LogP contribution >= 0.6 is 0 Å². The Bertz CT molecular complexity index is 705. The number of aromatic hydroxyl groups is 3. The maximum atomic E-state index is 10.2. The van der Waals surface area contributed by atoms with E-state index in [4.69, 9.17) is 0 Å². The van der Waals surface area contributed by atoms with Crippen molar-refractivity contribution in [2.75, 3.05) is 0 Å². The molecule has 0 saturated carbocycles. The fourth-order valence-corrected chi connectivity index (χ4v) is 2.05. The molecule has 0 spiro atoms. The van der Waals surface area contributed by atoms with Crippen LogP contribution in [0.15, 0.2) is 34.9 Å². The van der Waals surface area contributed by atoms with Crippen LogP contribution in [0.3, 0.4) is 0 Å². The van der Waals surface area contributed by atoms with Crippen LogP contribution in [0.5, 0.6) is 17.2 Å². The van der Waals surface area contributed by atoms with E-state index in [0.29, 0.717) is 0 Å². The number of hydrogen-bond donors (Lipinski definition) is 6. The van der Waals surface area contributed by atoms with Crippen LogP contribution in [0.4, 0.5) is 0 Å². The summed E-state index contributed by atoms with van der Waals surface area (Å²) in [6.45, 7) is 6.41. The Morgan fingerprint density at radius 2 is 1.52 bits per heavy atom. The number of phenolic OH excluding ortho intramolecular Hbond substituents is 3. The fraction of sp³-hybridized carbons (Fsp3) is 0.200. The van der Waals surface area contributed by atoms with E-state index in [1.807, 2.05) is 0 Å². The third-order valence-electron chi connectivity index (χ3n) is 3.79. The number of phenols is 3. The molecule has 6 N–H and O–H groups in total. The van der Waals surface area contributed by atoms with E-state index >= 15 is 0 Å². The lowest BCUT2D eigenvalue weighted by atomic mass is 9.82. The zero-order chi connectivity index (χ0) is 18.1. The van der Waals surface area contributed by atoms with Crippen molar-refractivity contribution in [2.45, 2.75) is 20.3 Å². The van der Waals surface area contributed by atoms with Crippen molar-refractivity contribution >= 4 is 21.2 Å². The van der Waals surface area contributed by atoms with Crippen molar-refractivity contribution < 1.29 is 30.6 Å². The summed E-state index contributed by atoms with van der Waals surface area (Å²) >= 11 is 0. The molecule has 122 valence electrons. The number of rotatable bonds is 4. The lowest BCUT2D eigenvalue weighted by molar-refractivity contribution is 0.333. The van der Waals surface area contributed by atoms with Gasteiger partial charge in [-0.2, -0.15) is 0 Å². The SMILES string of the molecule is BC(/C(O)=C(/O)C(=C)C)=C(\O)Cc1c(B)c(O)c(O)c(C)c1O. The van der Waals surface area contributed by atoms with Crippen molar-refractivity contribution in [3.05, 3.63) is 46.0 Å². The van der Waals surface area contributed by atoms with Gasteiger partial charge in [0.25, 0.3) is 0 Å². The third-order valence-corrected chi connectivity index (χ3v) is 3.79. The van der Waals surface area contributed by atoms with Gasteiger partial charge < -0.3 is 30.6 Å². The Hall–Kier alpha value is -2.63. The zero-order valence-electron chi connectivity index (χ0n) is 13.6. The molecule has 1 aromatic carbocycles. The van der Waals surface area contributed by atoms with Gasteiger partial charge in [0.05, 0.1) is 5.76 Å². The van der Waals surface area contributed by atoms with E-state index in [1.54, 1.807) is 0 Å². The van der Waals surface area contributed by atoms with Crippen LogP contribution in [-0.2, 0) is 6.42 Å². The molecule has 0 atom stereocenters. The molecule has 0 unspecified atom stereocenters. The molecule has 0 bridgehead atoms. The molecule has 1 rings (SSSR count). The first-order valence-electron chi connectivity index (χ1n) is 6.90. The molecule has 0 heterocycles. The highest BCUT2D eigenvalue weighted by Gasteiger charge is 2.20. The smallest absolute Gasteiger partial charge is 0.163 e. The summed E-state index contributed by atoms with van der Waals surface area (Å²) in [5.74, 6) is -2.34. The molecular formula is C15H20B2O6. The Kier molecular flexibility index (Phi) is 5.32. The van der Waals surface area contributed by atoms with Gasteiger partial charge in [0.15, 0.2) is 23.0 Å². The molecule has 0 fully saturated rings. The lowest BCUT2D eigenvalue weighted by Crippen LogP contribution is -2.14. The molecule has 8 heteroatoms. The first-order chi connectivity index (χ1) is 10.5. The number of aliphatic hydroxyl groups excluding tert-OH is 3. The average Bonchev–Trinajstić information content (AvgIpc) is 2.52. The van der Waals surface area contributed by atoms with Crippen molar-refractivity contribution in [1.29, 1.82) is 0 Å². The van der Waals surface area contributed by atoms with Crippen LogP contribution in [0.25, 0.3) is 0 Å². The number of aliphatic hydroxyl groups is 3. The summed E-state index contributed by atoms with van der Waals surface area (Å²) in [5, 5.41) is 59.4.